The van der Waals surface area contributed by atoms with Gasteiger partial charge in [0.1, 0.15) is 12.4 Å². The summed E-state index contributed by atoms with van der Waals surface area (Å²) in [5, 5.41) is 9.94. The fourth-order valence-electron chi connectivity index (χ4n) is 4.47. The van der Waals surface area contributed by atoms with Gasteiger partial charge in [-0.05, 0) is 37.1 Å². The van der Waals surface area contributed by atoms with E-state index >= 15 is 0 Å². The van der Waals surface area contributed by atoms with Crippen molar-refractivity contribution in [3.05, 3.63) is 70.4 Å². The largest absolute Gasteiger partial charge is 0.337 e. The van der Waals surface area contributed by atoms with Crippen molar-refractivity contribution < 1.29 is 4.79 Å². The van der Waals surface area contributed by atoms with Crippen LogP contribution < -0.4 is 5.43 Å². The molecule has 7 nitrogen and oxygen atoms in total. The first-order valence-corrected chi connectivity index (χ1v) is 10.8. The third kappa shape index (κ3) is 3.50. The average Bonchev–Trinajstić information content (AvgIpc) is 3.02. The van der Waals surface area contributed by atoms with E-state index in [4.69, 9.17) is 0 Å². The number of likely N-dealkylation sites (N-methyl/N-ethyl adjacent to an activating group) is 1. The molecule has 1 aliphatic heterocycles. The summed E-state index contributed by atoms with van der Waals surface area (Å²) in [5.74, 6) is 1.82. The summed E-state index contributed by atoms with van der Waals surface area (Å²) < 4.78 is 4.11. The lowest BCUT2D eigenvalue weighted by atomic mass is 10.1. The summed E-state index contributed by atoms with van der Waals surface area (Å²) in [6.07, 6.45) is 4.40. The number of para-hydroxylation sites is 2. The highest BCUT2D eigenvalue weighted by molar-refractivity contribution is 5.94. The lowest BCUT2D eigenvalue weighted by Gasteiger charge is -2.20. The highest BCUT2D eigenvalue weighted by Crippen LogP contribution is 2.20. The van der Waals surface area contributed by atoms with Crippen molar-refractivity contribution in [3.63, 3.8) is 0 Å². The maximum Gasteiger partial charge on any atom is 0.242 e. The molecule has 4 aromatic rings. The van der Waals surface area contributed by atoms with Gasteiger partial charge in [-0.25, -0.2) is 0 Å². The molecule has 0 saturated heterocycles. The molecular formula is C24H25N5O2. The fraction of sp³-hybridized carbons (Fsp3) is 0.333. The number of carbonyl (C=O) groups excluding carboxylic acids is 1. The van der Waals surface area contributed by atoms with Gasteiger partial charge in [-0.1, -0.05) is 30.7 Å². The topological polar surface area (TPSA) is 73.0 Å². The second-order valence-corrected chi connectivity index (χ2v) is 8.19. The monoisotopic (exact) mass is 415 g/mol. The van der Waals surface area contributed by atoms with Gasteiger partial charge >= 0.3 is 0 Å². The van der Waals surface area contributed by atoms with Crippen molar-refractivity contribution in [2.75, 3.05) is 7.05 Å². The van der Waals surface area contributed by atoms with Gasteiger partial charge in [-0.2, -0.15) is 0 Å². The summed E-state index contributed by atoms with van der Waals surface area (Å²) in [5.41, 5.74) is 1.53. The van der Waals surface area contributed by atoms with Crippen molar-refractivity contribution in [1.29, 1.82) is 0 Å². The standard InChI is InChI=1S/C24H25N5O2/c1-27(15-22-26-25-21-13-3-2-8-14-28(21)22)23(30)16-29-19-11-6-4-9-17(19)24(31)18-10-5-7-12-20(18)29/h4-7,9-12H,2-3,8,13-16H2,1H3. The first kappa shape index (κ1) is 19.5. The summed E-state index contributed by atoms with van der Waals surface area (Å²) in [4.78, 5) is 27.8. The Hall–Kier alpha value is -3.48. The van der Waals surface area contributed by atoms with E-state index in [1.807, 2.05) is 53.1 Å². The molecule has 7 heteroatoms. The van der Waals surface area contributed by atoms with E-state index in [0.29, 0.717) is 17.3 Å². The van der Waals surface area contributed by atoms with Crippen molar-refractivity contribution in [1.82, 2.24) is 24.2 Å². The fourth-order valence-corrected chi connectivity index (χ4v) is 4.47. The molecule has 3 heterocycles. The van der Waals surface area contributed by atoms with Gasteiger partial charge in [-0.3, -0.25) is 9.59 Å². The number of pyridine rings is 1. The Labute approximate surface area is 179 Å². The lowest BCUT2D eigenvalue weighted by Crippen LogP contribution is -2.31. The molecule has 5 rings (SSSR count). The summed E-state index contributed by atoms with van der Waals surface area (Å²) >= 11 is 0. The van der Waals surface area contributed by atoms with Gasteiger partial charge in [0.15, 0.2) is 11.3 Å². The Balaban J connectivity index is 1.47. The quantitative estimate of drug-likeness (QED) is 0.480. The van der Waals surface area contributed by atoms with Gasteiger partial charge < -0.3 is 14.0 Å². The van der Waals surface area contributed by atoms with Gasteiger partial charge in [-0.15, -0.1) is 10.2 Å². The molecule has 0 bridgehead atoms. The Bertz CT molecular complexity index is 1280. The van der Waals surface area contributed by atoms with Crippen LogP contribution in [-0.2, 0) is 30.8 Å². The Morgan fingerprint density at radius 2 is 1.65 bits per heavy atom. The molecular weight excluding hydrogens is 390 g/mol. The minimum atomic E-state index is -0.0371. The maximum atomic E-state index is 13.2. The molecule has 2 aromatic heterocycles. The summed E-state index contributed by atoms with van der Waals surface area (Å²) in [6, 6.07) is 14.9. The molecule has 1 amide bonds. The molecule has 0 fully saturated rings. The van der Waals surface area contributed by atoms with Crippen LogP contribution in [0.1, 0.15) is 30.9 Å². The second-order valence-electron chi connectivity index (χ2n) is 8.19. The molecule has 0 spiro atoms. The number of hydrogen-bond donors (Lipinski definition) is 0. The minimum Gasteiger partial charge on any atom is -0.337 e. The predicted molar refractivity (Wildman–Crippen MR) is 120 cm³/mol. The molecule has 2 aromatic carbocycles. The maximum absolute atomic E-state index is 13.2. The number of hydrogen-bond acceptors (Lipinski definition) is 4. The average molecular weight is 415 g/mol. The number of nitrogens with zero attached hydrogens (tertiary/aromatic N) is 5. The van der Waals surface area contributed by atoms with Crippen LogP contribution in [0.4, 0.5) is 0 Å². The Morgan fingerprint density at radius 3 is 2.35 bits per heavy atom. The van der Waals surface area contributed by atoms with Gasteiger partial charge in [0.25, 0.3) is 0 Å². The molecule has 158 valence electrons. The molecule has 0 saturated carbocycles. The number of amides is 1. The Kier molecular flexibility index (Phi) is 5.02. The molecule has 0 aliphatic carbocycles. The number of aryl methyl sites for hydroxylation is 1. The minimum absolute atomic E-state index is 0.00518. The zero-order valence-corrected chi connectivity index (χ0v) is 17.6. The number of fused-ring (bicyclic) bond motifs is 3. The number of benzene rings is 2. The first-order chi connectivity index (χ1) is 15.1. The predicted octanol–water partition coefficient (Wildman–Crippen LogP) is 3.13. The van der Waals surface area contributed by atoms with Gasteiger partial charge in [0.2, 0.25) is 5.91 Å². The normalized spacial score (nSPS) is 13.8. The van der Waals surface area contributed by atoms with Crippen LogP contribution in [0, 0.1) is 0 Å². The van der Waals surface area contributed by atoms with Gasteiger partial charge in [0.05, 0.1) is 17.6 Å². The molecule has 0 radical (unpaired) electrons. The van der Waals surface area contributed by atoms with E-state index in [1.54, 1.807) is 11.9 Å². The van der Waals surface area contributed by atoms with E-state index in [9.17, 15) is 9.59 Å². The van der Waals surface area contributed by atoms with Crippen molar-refractivity contribution >= 4 is 27.7 Å². The Morgan fingerprint density at radius 1 is 0.968 bits per heavy atom. The highest BCUT2D eigenvalue weighted by atomic mass is 16.2. The molecule has 0 atom stereocenters. The highest BCUT2D eigenvalue weighted by Gasteiger charge is 2.19. The third-order valence-electron chi connectivity index (χ3n) is 6.16. The van der Waals surface area contributed by atoms with Crippen LogP contribution in [0.5, 0.6) is 0 Å². The molecule has 1 aliphatic rings. The summed E-state index contributed by atoms with van der Waals surface area (Å²) in [6.45, 7) is 1.48. The van der Waals surface area contributed by atoms with Crippen LogP contribution in [-0.4, -0.2) is 37.2 Å². The summed E-state index contributed by atoms with van der Waals surface area (Å²) in [7, 11) is 1.80. The number of aromatic nitrogens is 4. The first-order valence-electron chi connectivity index (χ1n) is 10.8. The van der Waals surface area contributed by atoms with E-state index < -0.39 is 0 Å². The number of rotatable bonds is 4. The SMILES string of the molecule is CN(Cc1nnc2n1CCCCC2)C(=O)Cn1c2ccccc2c(=O)c2ccccc21. The zero-order chi connectivity index (χ0) is 21.4. The van der Waals surface area contributed by atoms with Crippen molar-refractivity contribution in [2.24, 2.45) is 0 Å². The van der Waals surface area contributed by atoms with E-state index in [0.717, 1.165) is 48.5 Å². The second kappa shape index (κ2) is 7.98. The zero-order valence-electron chi connectivity index (χ0n) is 17.6. The van der Waals surface area contributed by atoms with Crippen LogP contribution >= 0.6 is 0 Å². The smallest absolute Gasteiger partial charge is 0.242 e. The van der Waals surface area contributed by atoms with Crippen LogP contribution in [0.2, 0.25) is 0 Å². The van der Waals surface area contributed by atoms with Crippen LogP contribution in [0.15, 0.2) is 53.3 Å². The van der Waals surface area contributed by atoms with Gasteiger partial charge in [0, 0.05) is 30.8 Å². The van der Waals surface area contributed by atoms with E-state index in [-0.39, 0.29) is 17.9 Å². The van der Waals surface area contributed by atoms with E-state index in [1.165, 1.54) is 6.42 Å². The van der Waals surface area contributed by atoms with Crippen LogP contribution in [0.25, 0.3) is 21.8 Å². The molecule has 0 unspecified atom stereocenters. The third-order valence-corrected chi connectivity index (χ3v) is 6.16. The van der Waals surface area contributed by atoms with Crippen LogP contribution in [0.3, 0.4) is 0 Å². The van der Waals surface area contributed by atoms with Crippen molar-refractivity contribution in [3.8, 4) is 0 Å². The lowest BCUT2D eigenvalue weighted by molar-refractivity contribution is -0.131. The van der Waals surface area contributed by atoms with Crippen molar-refractivity contribution in [2.45, 2.75) is 45.3 Å². The van der Waals surface area contributed by atoms with E-state index in [2.05, 4.69) is 14.8 Å². The molecule has 0 N–H and O–H groups in total. The molecule has 31 heavy (non-hydrogen) atoms. The number of carbonyl (C=O) groups is 1.